The van der Waals surface area contributed by atoms with Crippen LogP contribution in [-0.2, 0) is 0 Å². The van der Waals surface area contributed by atoms with Gasteiger partial charge in [0.05, 0.1) is 0 Å². The van der Waals surface area contributed by atoms with Crippen molar-refractivity contribution in [1.82, 2.24) is 15.2 Å². The summed E-state index contributed by atoms with van der Waals surface area (Å²) in [6.45, 7) is 4.35. The predicted octanol–water partition coefficient (Wildman–Crippen LogP) is 1.68. The molecule has 84 valence electrons. The van der Waals surface area contributed by atoms with Crippen molar-refractivity contribution in [3.05, 3.63) is 30.1 Å². The van der Waals surface area contributed by atoms with Crippen molar-refractivity contribution in [2.75, 3.05) is 27.2 Å². The first-order chi connectivity index (χ1) is 7.20. The first kappa shape index (κ1) is 12.1. The summed E-state index contributed by atoms with van der Waals surface area (Å²) >= 11 is 0. The molecule has 1 rings (SSSR count). The quantitative estimate of drug-likeness (QED) is 0.719. The van der Waals surface area contributed by atoms with Crippen LogP contribution in [0.15, 0.2) is 24.5 Å². The van der Waals surface area contributed by atoms with Crippen LogP contribution >= 0.6 is 0 Å². The number of hydrogen-bond acceptors (Lipinski definition) is 3. The lowest BCUT2D eigenvalue weighted by molar-refractivity contribution is 0.389. The van der Waals surface area contributed by atoms with Gasteiger partial charge in [0.15, 0.2) is 0 Å². The third kappa shape index (κ3) is 4.91. The third-order valence-electron chi connectivity index (χ3n) is 2.42. The molecule has 0 saturated heterocycles. The second-order valence-corrected chi connectivity index (χ2v) is 4.12. The Morgan fingerprint density at radius 3 is 2.87 bits per heavy atom. The predicted molar refractivity (Wildman–Crippen MR) is 63.8 cm³/mol. The minimum Gasteiger partial charge on any atom is -0.310 e. The molecule has 0 spiro atoms. The Bertz CT molecular complexity index is 259. The fourth-order valence-electron chi connectivity index (χ4n) is 1.46. The maximum atomic E-state index is 4.11. The van der Waals surface area contributed by atoms with Crippen LogP contribution in [0.3, 0.4) is 0 Å². The summed E-state index contributed by atoms with van der Waals surface area (Å²) in [7, 11) is 4.20. The number of pyridine rings is 1. The van der Waals surface area contributed by atoms with E-state index in [-0.39, 0.29) is 0 Å². The molecule has 1 aromatic rings. The van der Waals surface area contributed by atoms with Crippen LogP contribution in [-0.4, -0.2) is 37.1 Å². The second kappa shape index (κ2) is 6.53. The van der Waals surface area contributed by atoms with Gasteiger partial charge in [-0.1, -0.05) is 6.07 Å². The van der Waals surface area contributed by atoms with Crippen molar-refractivity contribution in [3.8, 4) is 0 Å². The lowest BCUT2D eigenvalue weighted by Crippen LogP contribution is -2.23. The van der Waals surface area contributed by atoms with Crippen molar-refractivity contribution >= 4 is 0 Å². The highest BCUT2D eigenvalue weighted by molar-refractivity contribution is 5.12. The molecular formula is C12H21N3. The summed E-state index contributed by atoms with van der Waals surface area (Å²) in [5, 5.41) is 3.49. The molecule has 0 fully saturated rings. The lowest BCUT2D eigenvalue weighted by Gasteiger charge is -2.15. The van der Waals surface area contributed by atoms with Crippen LogP contribution in [0.5, 0.6) is 0 Å². The molecule has 0 saturated carbocycles. The average Bonchev–Trinajstić information content (AvgIpc) is 2.25. The fraction of sp³-hybridized carbons (Fsp3) is 0.583. The van der Waals surface area contributed by atoms with Crippen molar-refractivity contribution < 1.29 is 0 Å². The molecule has 0 aliphatic carbocycles. The SMILES string of the molecule is C[C@H](NCCCN(C)C)c1cccnc1. The Balaban J connectivity index is 2.22. The van der Waals surface area contributed by atoms with E-state index in [2.05, 4.69) is 42.3 Å². The molecule has 0 aromatic carbocycles. The summed E-state index contributed by atoms with van der Waals surface area (Å²) in [6.07, 6.45) is 4.91. The van der Waals surface area contributed by atoms with Gasteiger partial charge in [-0.2, -0.15) is 0 Å². The zero-order chi connectivity index (χ0) is 11.1. The molecule has 15 heavy (non-hydrogen) atoms. The van der Waals surface area contributed by atoms with Gasteiger partial charge in [-0.3, -0.25) is 4.98 Å². The molecule has 0 unspecified atom stereocenters. The first-order valence-electron chi connectivity index (χ1n) is 5.48. The second-order valence-electron chi connectivity index (χ2n) is 4.12. The minimum atomic E-state index is 0.390. The van der Waals surface area contributed by atoms with E-state index in [1.165, 1.54) is 12.0 Å². The Morgan fingerprint density at radius 2 is 2.27 bits per heavy atom. The molecule has 3 heteroatoms. The molecule has 0 radical (unpaired) electrons. The fourth-order valence-corrected chi connectivity index (χ4v) is 1.46. The number of rotatable bonds is 6. The van der Waals surface area contributed by atoms with E-state index in [0.29, 0.717) is 6.04 Å². The number of nitrogens with one attached hydrogen (secondary N) is 1. The number of hydrogen-bond donors (Lipinski definition) is 1. The highest BCUT2D eigenvalue weighted by Gasteiger charge is 2.03. The van der Waals surface area contributed by atoms with Gasteiger partial charge in [0, 0.05) is 18.4 Å². The van der Waals surface area contributed by atoms with Crippen LogP contribution in [0, 0.1) is 0 Å². The van der Waals surface area contributed by atoms with Crippen LogP contribution in [0.4, 0.5) is 0 Å². The van der Waals surface area contributed by atoms with Gasteiger partial charge in [0.2, 0.25) is 0 Å². The maximum absolute atomic E-state index is 4.11. The van der Waals surface area contributed by atoms with E-state index in [1.54, 1.807) is 0 Å². The van der Waals surface area contributed by atoms with E-state index in [1.807, 2.05) is 18.5 Å². The van der Waals surface area contributed by atoms with Crippen molar-refractivity contribution in [2.45, 2.75) is 19.4 Å². The van der Waals surface area contributed by atoms with Gasteiger partial charge < -0.3 is 10.2 Å². The zero-order valence-electron chi connectivity index (χ0n) is 9.90. The van der Waals surface area contributed by atoms with Crippen LogP contribution in [0.25, 0.3) is 0 Å². The summed E-state index contributed by atoms with van der Waals surface area (Å²) in [5.74, 6) is 0. The summed E-state index contributed by atoms with van der Waals surface area (Å²) in [4.78, 5) is 6.32. The van der Waals surface area contributed by atoms with Gasteiger partial charge in [-0.15, -0.1) is 0 Å². The molecule has 3 nitrogen and oxygen atoms in total. The molecule has 1 heterocycles. The molecular weight excluding hydrogens is 186 g/mol. The van der Waals surface area contributed by atoms with E-state index >= 15 is 0 Å². The molecule has 0 bridgehead atoms. The van der Waals surface area contributed by atoms with Crippen LogP contribution in [0.2, 0.25) is 0 Å². The van der Waals surface area contributed by atoms with Gasteiger partial charge in [0.25, 0.3) is 0 Å². The summed E-state index contributed by atoms with van der Waals surface area (Å²) in [6, 6.07) is 4.48. The standard InChI is InChI=1S/C12H21N3/c1-11(12-6-4-7-13-10-12)14-8-5-9-15(2)3/h4,6-7,10-11,14H,5,8-9H2,1-3H3/t11-/m0/s1. The van der Waals surface area contributed by atoms with E-state index in [4.69, 9.17) is 0 Å². The summed E-state index contributed by atoms with van der Waals surface area (Å²) in [5.41, 5.74) is 1.25. The molecule has 1 aromatic heterocycles. The third-order valence-corrected chi connectivity index (χ3v) is 2.42. The smallest absolute Gasteiger partial charge is 0.0315 e. The Hall–Kier alpha value is -0.930. The maximum Gasteiger partial charge on any atom is 0.0315 e. The largest absolute Gasteiger partial charge is 0.310 e. The van der Waals surface area contributed by atoms with E-state index in [0.717, 1.165) is 13.1 Å². The molecule has 0 aliphatic rings. The first-order valence-corrected chi connectivity index (χ1v) is 5.48. The van der Waals surface area contributed by atoms with E-state index in [9.17, 15) is 0 Å². The lowest BCUT2D eigenvalue weighted by atomic mass is 10.1. The zero-order valence-corrected chi connectivity index (χ0v) is 9.90. The number of aromatic nitrogens is 1. The van der Waals surface area contributed by atoms with Gasteiger partial charge in [-0.25, -0.2) is 0 Å². The van der Waals surface area contributed by atoms with Gasteiger partial charge >= 0.3 is 0 Å². The van der Waals surface area contributed by atoms with Gasteiger partial charge in [-0.05, 0) is 52.2 Å². The highest BCUT2D eigenvalue weighted by atomic mass is 15.1. The summed E-state index contributed by atoms with van der Waals surface area (Å²) < 4.78 is 0. The molecule has 1 N–H and O–H groups in total. The normalized spacial score (nSPS) is 13.1. The number of nitrogens with zero attached hydrogens (tertiary/aromatic N) is 2. The highest BCUT2D eigenvalue weighted by Crippen LogP contribution is 2.09. The Labute approximate surface area is 92.5 Å². The van der Waals surface area contributed by atoms with E-state index < -0.39 is 0 Å². The molecule has 1 atom stereocenters. The monoisotopic (exact) mass is 207 g/mol. The van der Waals surface area contributed by atoms with Crippen molar-refractivity contribution in [2.24, 2.45) is 0 Å². The Morgan fingerprint density at radius 1 is 1.47 bits per heavy atom. The molecule has 0 amide bonds. The van der Waals surface area contributed by atoms with Crippen molar-refractivity contribution in [3.63, 3.8) is 0 Å². The topological polar surface area (TPSA) is 28.2 Å². The average molecular weight is 207 g/mol. The Kier molecular flexibility index (Phi) is 5.29. The van der Waals surface area contributed by atoms with Crippen LogP contribution in [0.1, 0.15) is 24.9 Å². The molecule has 0 aliphatic heterocycles. The van der Waals surface area contributed by atoms with Crippen molar-refractivity contribution in [1.29, 1.82) is 0 Å². The minimum absolute atomic E-state index is 0.390. The van der Waals surface area contributed by atoms with Crippen LogP contribution < -0.4 is 5.32 Å². The van der Waals surface area contributed by atoms with Gasteiger partial charge in [0.1, 0.15) is 0 Å².